The van der Waals surface area contributed by atoms with Gasteiger partial charge in [-0.2, -0.15) is 0 Å². The molecule has 0 aliphatic carbocycles. The molecule has 1 heterocycles. The molecule has 0 aromatic rings. The molecule has 0 unspecified atom stereocenters. The molecule has 0 saturated carbocycles. The minimum Gasteiger partial charge on any atom is -0.320 e. The summed E-state index contributed by atoms with van der Waals surface area (Å²) in [5.74, 6) is 0. The van der Waals surface area contributed by atoms with E-state index in [0.29, 0.717) is 5.41 Å². The maximum absolute atomic E-state index is 3.28. The third-order valence-electron chi connectivity index (χ3n) is 2.08. The monoisotopic (exact) mass is 128 g/mol. The normalized spacial score (nSPS) is 23.3. The second-order valence-electron chi connectivity index (χ2n) is 3.27. The van der Waals surface area contributed by atoms with Crippen LogP contribution >= 0.6 is 0 Å². The molecule has 1 aliphatic heterocycles. The molecular weight excluding hydrogens is 112 g/mol. The van der Waals surface area contributed by atoms with Crippen LogP contribution in [0.25, 0.3) is 0 Å². The fraction of sp³-hybridized carbons (Fsp3) is 1.00. The summed E-state index contributed by atoms with van der Waals surface area (Å²) in [4.78, 5) is 0. The quantitative estimate of drug-likeness (QED) is 0.567. The van der Waals surface area contributed by atoms with Crippen molar-refractivity contribution < 1.29 is 0 Å². The van der Waals surface area contributed by atoms with Crippen LogP contribution in [0.4, 0.5) is 0 Å². The number of rotatable bonds is 3. The SMILES string of the molecule is CNCCC1(C)CNC1. The Hall–Kier alpha value is -0.0800. The van der Waals surface area contributed by atoms with Gasteiger partial charge in [0.05, 0.1) is 0 Å². The van der Waals surface area contributed by atoms with Crippen molar-refractivity contribution in [2.24, 2.45) is 5.41 Å². The predicted molar refractivity (Wildman–Crippen MR) is 39.5 cm³/mol. The summed E-state index contributed by atoms with van der Waals surface area (Å²) in [7, 11) is 2.01. The minimum atomic E-state index is 0.600. The molecule has 1 rings (SSSR count). The van der Waals surface area contributed by atoms with Gasteiger partial charge in [0.25, 0.3) is 0 Å². The van der Waals surface area contributed by atoms with E-state index in [9.17, 15) is 0 Å². The van der Waals surface area contributed by atoms with Gasteiger partial charge in [-0.15, -0.1) is 0 Å². The van der Waals surface area contributed by atoms with Crippen LogP contribution in [0.15, 0.2) is 0 Å². The minimum absolute atomic E-state index is 0.600. The molecule has 1 fully saturated rings. The van der Waals surface area contributed by atoms with Gasteiger partial charge in [0.2, 0.25) is 0 Å². The van der Waals surface area contributed by atoms with E-state index in [-0.39, 0.29) is 0 Å². The fourth-order valence-corrected chi connectivity index (χ4v) is 1.16. The average molecular weight is 128 g/mol. The van der Waals surface area contributed by atoms with Crippen LogP contribution in [-0.4, -0.2) is 26.7 Å². The number of hydrogen-bond acceptors (Lipinski definition) is 2. The maximum Gasteiger partial charge on any atom is 0.00180 e. The van der Waals surface area contributed by atoms with Crippen LogP contribution in [0.2, 0.25) is 0 Å². The van der Waals surface area contributed by atoms with E-state index in [2.05, 4.69) is 17.6 Å². The summed E-state index contributed by atoms with van der Waals surface area (Å²) >= 11 is 0. The van der Waals surface area contributed by atoms with E-state index in [1.54, 1.807) is 0 Å². The van der Waals surface area contributed by atoms with Gasteiger partial charge < -0.3 is 10.6 Å². The molecule has 0 aromatic heterocycles. The Bertz CT molecular complexity index is 86.9. The third kappa shape index (κ3) is 1.66. The lowest BCUT2D eigenvalue weighted by atomic mass is 9.81. The average Bonchev–Trinajstić information content (AvgIpc) is 1.79. The van der Waals surface area contributed by atoms with Crippen LogP contribution in [0.5, 0.6) is 0 Å². The summed E-state index contributed by atoms with van der Waals surface area (Å²) in [5, 5.41) is 6.45. The van der Waals surface area contributed by atoms with Gasteiger partial charge in [-0.25, -0.2) is 0 Å². The standard InChI is InChI=1S/C7H16N2/c1-7(3-4-8-2)5-9-6-7/h8-9H,3-6H2,1-2H3. The van der Waals surface area contributed by atoms with Crippen molar-refractivity contribution in [2.75, 3.05) is 26.7 Å². The van der Waals surface area contributed by atoms with Crippen molar-refractivity contribution in [1.29, 1.82) is 0 Å². The van der Waals surface area contributed by atoms with Crippen molar-refractivity contribution in [1.82, 2.24) is 10.6 Å². The van der Waals surface area contributed by atoms with Crippen LogP contribution in [-0.2, 0) is 0 Å². The van der Waals surface area contributed by atoms with Crippen LogP contribution in [0, 0.1) is 5.41 Å². The van der Waals surface area contributed by atoms with Gasteiger partial charge in [0, 0.05) is 13.1 Å². The van der Waals surface area contributed by atoms with E-state index in [1.165, 1.54) is 19.5 Å². The molecule has 2 N–H and O–H groups in total. The molecule has 0 bridgehead atoms. The maximum atomic E-state index is 3.28. The Morgan fingerprint density at radius 3 is 2.56 bits per heavy atom. The first-order chi connectivity index (χ1) is 4.27. The second-order valence-corrected chi connectivity index (χ2v) is 3.27. The molecule has 1 aliphatic rings. The summed E-state index contributed by atoms with van der Waals surface area (Å²) < 4.78 is 0. The fourth-order valence-electron chi connectivity index (χ4n) is 1.16. The largest absolute Gasteiger partial charge is 0.320 e. The van der Waals surface area contributed by atoms with Crippen LogP contribution < -0.4 is 10.6 Å². The lowest BCUT2D eigenvalue weighted by Gasteiger charge is -2.39. The van der Waals surface area contributed by atoms with E-state index >= 15 is 0 Å². The van der Waals surface area contributed by atoms with E-state index < -0.39 is 0 Å². The lowest BCUT2D eigenvalue weighted by Crippen LogP contribution is -2.52. The van der Waals surface area contributed by atoms with Gasteiger partial charge in [-0.1, -0.05) is 6.92 Å². The molecule has 54 valence electrons. The van der Waals surface area contributed by atoms with E-state index in [4.69, 9.17) is 0 Å². The first-order valence-electron chi connectivity index (χ1n) is 3.62. The van der Waals surface area contributed by atoms with Gasteiger partial charge in [-0.05, 0) is 25.4 Å². The molecule has 0 spiro atoms. The van der Waals surface area contributed by atoms with E-state index in [0.717, 1.165) is 6.54 Å². The van der Waals surface area contributed by atoms with Crippen molar-refractivity contribution in [3.63, 3.8) is 0 Å². The molecule has 0 aromatic carbocycles. The molecule has 0 radical (unpaired) electrons. The van der Waals surface area contributed by atoms with Crippen molar-refractivity contribution in [2.45, 2.75) is 13.3 Å². The third-order valence-corrected chi connectivity index (χ3v) is 2.08. The Kier molecular flexibility index (Phi) is 2.09. The Morgan fingerprint density at radius 2 is 2.22 bits per heavy atom. The Morgan fingerprint density at radius 1 is 1.56 bits per heavy atom. The summed E-state index contributed by atoms with van der Waals surface area (Å²) in [6, 6.07) is 0. The second kappa shape index (κ2) is 2.67. The van der Waals surface area contributed by atoms with Gasteiger partial charge in [0.15, 0.2) is 0 Å². The summed E-state index contributed by atoms with van der Waals surface area (Å²) in [6.07, 6.45) is 1.30. The van der Waals surface area contributed by atoms with Crippen molar-refractivity contribution >= 4 is 0 Å². The smallest absolute Gasteiger partial charge is 0.00180 e. The summed E-state index contributed by atoms with van der Waals surface area (Å²) in [6.45, 7) is 5.89. The van der Waals surface area contributed by atoms with Crippen molar-refractivity contribution in [3.8, 4) is 0 Å². The van der Waals surface area contributed by atoms with Gasteiger partial charge >= 0.3 is 0 Å². The molecule has 2 heteroatoms. The van der Waals surface area contributed by atoms with Crippen molar-refractivity contribution in [3.05, 3.63) is 0 Å². The molecule has 0 atom stereocenters. The van der Waals surface area contributed by atoms with Crippen LogP contribution in [0.3, 0.4) is 0 Å². The van der Waals surface area contributed by atoms with Gasteiger partial charge in [-0.3, -0.25) is 0 Å². The first-order valence-corrected chi connectivity index (χ1v) is 3.62. The molecule has 9 heavy (non-hydrogen) atoms. The zero-order valence-corrected chi connectivity index (χ0v) is 6.33. The Balaban J connectivity index is 2.09. The zero-order valence-electron chi connectivity index (χ0n) is 6.33. The predicted octanol–water partition coefficient (Wildman–Crippen LogP) is 0.205. The highest BCUT2D eigenvalue weighted by atomic mass is 15.0. The summed E-state index contributed by atoms with van der Waals surface area (Å²) in [5.41, 5.74) is 0.600. The number of hydrogen-bond donors (Lipinski definition) is 2. The zero-order chi connectivity index (χ0) is 6.74. The number of nitrogens with one attached hydrogen (secondary N) is 2. The van der Waals surface area contributed by atoms with Gasteiger partial charge in [0.1, 0.15) is 0 Å². The van der Waals surface area contributed by atoms with E-state index in [1.807, 2.05) is 7.05 Å². The first kappa shape index (κ1) is 7.03. The molecule has 2 nitrogen and oxygen atoms in total. The molecular formula is C7H16N2. The highest BCUT2D eigenvalue weighted by molar-refractivity contribution is 4.88. The topological polar surface area (TPSA) is 24.1 Å². The molecule has 1 saturated heterocycles. The highest BCUT2D eigenvalue weighted by Crippen LogP contribution is 2.24. The lowest BCUT2D eigenvalue weighted by molar-refractivity contribution is 0.180. The highest BCUT2D eigenvalue weighted by Gasteiger charge is 2.30. The molecule has 0 amide bonds. The Labute approximate surface area is 57.0 Å². The van der Waals surface area contributed by atoms with Crippen LogP contribution in [0.1, 0.15) is 13.3 Å².